The van der Waals surface area contributed by atoms with Gasteiger partial charge in [0.1, 0.15) is 28.8 Å². The van der Waals surface area contributed by atoms with E-state index in [9.17, 15) is 31.1 Å². The van der Waals surface area contributed by atoms with Gasteiger partial charge in [0.05, 0.1) is 28.8 Å². The van der Waals surface area contributed by atoms with Crippen LogP contribution in [0, 0.1) is 17.5 Å². The van der Waals surface area contributed by atoms with E-state index < -0.39 is 57.8 Å². The van der Waals surface area contributed by atoms with Crippen molar-refractivity contribution in [2.45, 2.75) is 12.7 Å². The normalized spacial score (nSPS) is 11.7. The highest BCUT2D eigenvalue weighted by Gasteiger charge is 2.38. The van der Waals surface area contributed by atoms with Gasteiger partial charge in [-0.25, -0.2) is 18.2 Å². The largest absolute Gasteiger partial charge is 0.438 e. The Morgan fingerprint density at radius 1 is 1.00 bits per heavy atom. The number of pyridine rings is 1. The first-order valence-corrected chi connectivity index (χ1v) is 9.44. The van der Waals surface area contributed by atoms with Crippen molar-refractivity contribution in [3.63, 3.8) is 0 Å². The lowest BCUT2D eigenvalue weighted by atomic mass is 10.1. The molecule has 12 heteroatoms. The number of hydrogen-bond acceptors (Lipinski definition) is 4. The van der Waals surface area contributed by atoms with Gasteiger partial charge in [-0.05, 0) is 24.3 Å². The molecule has 4 rings (SSSR count). The van der Waals surface area contributed by atoms with Crippen LogP contribution >= 0.6 is 11.6 Å². The summed E-state index contributed by atoms with van der Waals surface area (Å²) in [5.41, 5.74) is -2.37. The molecule has 0 atom stereocenters. The molecule has 4 aromatic rings. The molecule has 33 heavy (non-hydrogen) atoms. The molecule has 2 aromatic heterocycles. The maximum atomic E-state index is 14.0. The van der Waals surface area contributed by atoms with E-state index in [1.807, 2.05) is 0 Å². The molecule has 170 valence electrons. The second-order valence-electron chi connectivity index (χ2n) is 6.78. The number of fused-ring (bicyclic) bond motifs is 1. The second kappa shape index (κ2) is 8.39. The topological polar surface area (TPSA) is 57.0 Å². The molecule has 2 aromatic carbocycles. The van der Waals surface area contributed by atoms with Crippen molar-refractivity contribution in [3.8, 4) is 11.6 Å². The number of rotatable bonds is 4. The van der Waals surface area contributed by atoms with Crippen LogP contribution in [0.4, 0.5) is 26.3 Å². The fraction of sp³-hybridized carbons (Fsp3) is 0.0952. The molecule has 0 amide bonds. The van der Waals surface area contributed by atoms with Gasteiger partial charge in [-0.3, -0.25) is 4.79 Å². The van der Waals surface area contributed by atoms with Crippen LogP contribution in [-0.2, 0) is 12.7 Å². The summed E-state index contributed by atoms with van der Waals surface area (Å²) in [5.74, 6) is -4.36. The molecule has 0 aliphatic carbocycles. The number of alkyl halides is 3. The molecule has 5 nitrogen and oxygen atoms in total. The molecule has 0 unspecified atom stereocenters. The molecule has 0 saturated carbocycles. The summed E-state index contributed by atoms with van der Waals surface area (Å²) in [6.45, 7) is -0.435. The molecule has 0 radical (unpaired) electrons. The molecule has 0 spiro atoms. The Morgan fingerprint density at radius 3 is 2.36 bits per heavy atom. The number of benzene rings is 2. The third-order valence-electron chi connectivity index (χ3n) is 4.62. The van der Waals surface area contributed by atoms with Gasteiger partial charge in [0.2, 0.25) is 5.88 Å². The van der Waals surface area contributed by atoms with Crippen molar-refractivity contribution in [2.75, 3.05) is 0 Å². The van der Waals surface area contributed by atoms with Crippen molar-refractivity contribution in [1.82, 2.24) is 14.5 Å². The molecule has 0 fully saturated rings. The smallest absolute Gasteiger partial charge is 0.423 e. The maximum Gasteiger partial charge on any atom is 0.423 e. The van der Waals surface area contributed by atoms with Crippen LogP contribution in [0.5, 0.6) is 11.6 Å². The lowest BCUT2D eigenvalue weighted by Gasteiger charge is -2.15. The predicted octanol–water partition coefficient (Wildman–Crippen LogP) is 5.72. The summed E-state index contributed by atoms with van der Waals surface area (Å²) >= 11 is 5.65. The fourth-order valence-corrected chi connectivity index (χ4v) is 3.38. The first-order valence-electron chi connectivity index (χ1n) is 9.07. The van der Waals surface area contributed by atoms with Crippen molar-refractivity contribution in [2.24, 2.45) is 0 Å². The molecular formula is C21H10ClF6N3O2. The first kappa shape index (κ1) is 22.6. The molecule has 0 bridgehead atoms. The summed E-state index contributed by atoms with van der Waals surface area (Å²) in [7, 11) is 0. The molecule has 0 N–H and O–H groups in total. The standard InChI is InChI=1S/C21H10ClF6N3O2/c22-14-3-4-29-20(18(14)21(26,27)28)33-11-1-2-17-12(7-11)19(32)30-9-31(17)8-13-15(24)5-10(23)6-16(13)25/h1-7,9H,8H2. The number of ether oxygens (including phenoxy) is 1. The van der Waals surface area contributed by atoms with E-state index in [-0.39, 0.29) is 16.7 Å². The quantitative estimate of drug-likeness (QED) is 0.347. The predicted molar refractivity (Wildman–Crippen MR) is 106 cm³/mol. The highest BCUT2D eigenvalue weighted by Crippen LogP contribution is 2.41. The van der Waals surface area contributed by atoms with E-state index in [4.69, 9.17) is 16.3 Å². The maximum absolute atomic E-state index is 14.0. The number of nitrogens with zero attached hydrogens (tertiary/aromatic N) is 3. The Balaban J connectivity index is 1.76. The van der Waals surface area contributed by atoms with Gasteiger partial charge < -0.3 is 9.30 Å². The van der Waals surface area contributed by atoms with E-state index in [0.717, 1.165) is 24.7 Å². The zero-order valence-electron chi connectivity index (χ0n) is 16.1. The number of aromatic nitrogens is 3. The van der Waals surface area contributed by atoms with Gasteiger partial charge in [-0.2, -0.15) is 18.2 Å². The highest BCUT2D eigenvalue weighted by molar-refractivity contribution is 6.31. The molecule has 0 aliphatic heterocycles. The zero-order chi connectivity index (χ0) is 23.9. The van der Waals surface area contributed by atoms with E-state index in [1.165, 1.54) is 16.7 Å². The minimum Gasteiger partial charge on any atom is -0.438 e. The van der Waals surface area contributed by atoms with Crippen molar-refractivity contribution in [1.29, 1.82) is 0 Å². The third kappa shape index (κ3) is 4.49. The van der Waals surface area contributed by atoms with E-state index in [1.54, 1.807) is 0 Å². The summed E-state index contributed by atoms with van der Waals surface area (Å²) in [6.07, 6.45) is -2.79. The van der Waals surface area contributed by atoms with Crippen molar-refractivity contribution >= 4 is 22.5 Å². The van der Waals surface area contributed by atoms with Crippen LogP contribution in [-0.4, -0.2) is 14.5 Å². The summed E-state index contributed by atoms with van der Waals surface area (Å²) < 4.78 is 87.7. The summed E-state index contributed by atoms with van der Waals surface area (Å²) in [6, 6.07) is 5.62. The average molecular weight is 486 g/mol. The Bertz CT molecular complexity index is 1420. The van der Waals surface area contributed by atoms with Gasteiger partial charge in [0.15, 0.2) is 0 Å². The summed E-state index contributed by atoms with van der Waals surface area (Å²) in [5, 5.41) is -0.728. The molecule has 0 saturated heterocycles. The summed E-state index contributed by atoms with van der Waals surface area (Å²) in [4.78, 5) is 19.4. The number of halogens is 7. The number of hydrogen-bond donors (Lipinski definition) is 0. The van der Waals surface area contributed by atoms with Crippen LogP contribution < -0.4 is 10.3 Å². The Hall–Kier alpha value is -3.60. The SMILES string of the molecule is O=c1ncn(Cc2c(F)cc(F)cc2F)c2ccc(Oc3nccc(Cl)c3C(F)(F)F)cc12. The minimum atomic E-state index is -4.85. The lowest BCUT2D eigenvalue weighted by Crippen LogP contribution is -2.14. The van der Waals surface area contributed by atoms with Gasteiger partial charge in [-0.15, -0.1) is 0 Å². The van der Waals surface area contributed by atoms with Gasteiger partial charge in [0, 0.05) is 23.9 Å². The van der Waals surface area contributed by atoms with Crippen LogP contribution in [0.2, 0.25) is 5.02 Å². The molecule has 2 heterocycles. The first-order chi connectivity index (χ1) is 15.5. The average Bonchev–Trinajstić information content (AvgIpc) is 2.71. The Morgan fingerprint density at radius 2 is 1.70 bits per heavy atom. The Kier molecular flexibility index (Phi) is 5.75. The van der Waals surface area contributed by atoms with E-state index in [2.05, 4.69) is 9.97 Å². The van der Waals surface area contributed by atoms with Crippen LogP contribution in [0.25, 0.3) is 10.9 Å². The van der Waals surface area contributed by atoms with E-state index in [0.29, 0.717) is 12.1 Å². The van der Waals surface area contributed by atoms with Gasteiger partial charge in [-0.1, -0.05) is 11.6 Å². The monoisotopic (exact) mass is 485 g/mol. The van der Waals surface area contributed by atoms with Crippen molar-refractivity contribution < 1.29 is 31.1 Å². The van der Waals surface area contributed by atoms with Gasteiger partial charge >= 0.3 is 6.18 Å². The minimum absolute atomic E-state index is 0.103. The third-order valence-corrected chi connectivity index (χ3v) is 4.93. The lowest BCUT2D eigenvalue weighted by molar-refractivity contribution is -0.138. The van der Waals surface area contributed by atoms with E-state index >= 15 is 0 Å². The van der Waals surface area contributed by atoms with Crippen LogP contribution in [0.3, 0.4) is 0 Å². The second-order valence-corrected chi connectivity index (χ2v) is 7.18. The Labute approximate surface area is 185 Å². The molecule has 0 aliphatic rings. The van der Waals surface area contributed by atoms with Crippen LogP contribution in [0.15, 0.2) is 53.7 Å². The zero-order valence-corrected chi connectivity index (χ0v) is 16.9. The molecular weight excluding hydrogens is 476 g/mol. The van der Waals surface area contributed by atoms with Crippen molar-refractivity contribution in [3.05, 3.63) is 92.9 Å². The highest BCUT2D eigenvalue weighted by atomic mass is 35.5. The fourth-order valence-electron chi connectivity index (χ4n) is 3.14. The van der Waals surface area contributed by atoms with Crippen LogP contribution in [0.1, 0.15) is 11.1 Å². The van der Waals surface area contributed by atoms with Gasteiger partial charge in [0.25, 0.3) is 5.56 Å².